The van der Waals surface area contributed by atoms with Crippen LogP contribution < -0.4 is 10.6 Å². The second-order valence-corrected chi connectivity index (χ2v) is 5.14. The van der Waals surface area contributed by atoms with Gasteiger partial charge < -0.3 is 10.6 Å². The SMILES string of the molecule is N=C(N)CCN(Cc1cccs1)c1ccccc1. The van der Waals surface area contributed by atoms with Crippen LogP contribution in [0, 0.1) is 5.41 Å². The van der Waals surface area contributed by atoms with Crippen molar-refractivity contribution in [2.45, 2.75) is 13.0 Å². The lowest BCUT2D eigenvalue weighted by Crippen LogP contribution is -2.27. The van der Waals surface area contributed by atoms with Crippen molar-refractivity contribution in [2.24, 2.45) is 5.73 Å². The summed E-state index contributed by atoms with van der Waals surface area (Å²) < 4.78 is 0. The molecule has 2 aromatic rings. The molecule has 0 fully saturated rings. The Labute approximate surface area is 111 Å². The van der Waals surface area contributed by atoms with Crippen LogP contribution in [0.1, 0.15) is 11.3 Å². The van der Waals surface area contributed by atoms with Crippen LogP contribution in [0.15, 0.2) is 47.8 Å². The van der Waals surface area contributed by atoms with E-state index >= 15 is 0 Å². The number of para-hydroxylation sites is 1. The molecule has 94 valence electrons. The Morgan fingerprint density at radius 1 is 1.17 bits per heavy atom. The smallest absolute Gasteiger partial charge is 0.0923 e. The van der Waals surface area contributed by atoms with E-state index in [0.29, 0.717) is 6.42 Å². The van der Waals surface area contributed by atoms with Crippen molar-refractivity contribution in [3.63, 3.8) is 0 Å². The van der Waals surface area contributed by atoms with Crippen LogP contribution in [0.25, 0.3) is 0 Å². The molecule has 3 nitrogen and oxygen atoms in total. The molecular weight excluding hydrogens is 242 g/mol. The van der Waals surface area contributed by atoms with E-state index in [1.54, 1.807) is 11.3 Å². The first-order valence-electron chi connectivity index (χ1n) is 5.91. The molecule has 2 rings (SSSR count). The Hall–Kier alpha value is -1.81. The van der Waals surface area contributed by atoms with Crippen molar-refractivity contribution in [1.82, 2.24) is 0 Å². The van der Waals surface area contributed by atoms with Crippen molar-refractivity contribution in [2.75, 3.05) is 11.4 Å². The highest BCUT2D eigenvalue weighted by molar-refractivity contribution is 7.09. The number of hydrogen-bond acceptors (Lipinski definition) is 3. The second-order valence-electron chi connectivity index (χ2n) is 4.11. The minimum atomic E-state index is 0.238. The first-order chi connectivity index (χ1) is 8.75. The van der Waals surface area contributed by atoms with Crippen molar-refractivity contribution < 1.29 is 0 Å². The molecule has 1 aromatic carbocycles. The van der Waals surface area contributed by atoms with Gasteiger partial charge in [0.1, 0.15) is 0 Å². The Kier molecular flexibility index (Phi) is 4.36. The lowest BCUT2D eigenvalue weighted by Gasteiger charge is -2.24. The highest BCUT2D eigenvalue weighted by Gasteiger charge is 2.08. The third-order valence-electron chi connectivity index (χ3n) is 2.70. The minimum absolute atomic E-state index is 0.238. The number of amidine groups is 1. The van der Waals surface area contributed by atoms with Gasteiger partial charge in [0.15, 0.2) is 0 Å². The van der Waals surface area contributed by atoms with Gasteiger partial charge >= 0.3 is 0 Å². The monoisotopic (exact) mass is 259 g/mol. The van der Waals surface area contributed by atoms with Gasteiger partial charge in [0.25, 0.3) is 0 Å². The van der Waals surface area contributed by atoms with Crippen LogP contribution in [-0.2, 0) is 6.54 Å². The molecule has 0 saturated carbocycles. The molecule has 0 amide bonds. The summed E-state index contributed by atoms with van der Waals surface area (Å²) in [6.07, 6.45) is 0.597. The molecule has 1 heterocycles. The lowest BCUT2D eigenvalue weighted by molar-refractivity contribution is 0.810. The molecule has 0 aliphatic heterocycles. The minimum Gasteiger partial charge on any atom is -0.388 e. The highest BCUT2D eigenvalue weighted by Crippen LogP contribution is 2.19. The fourth-order valence-electron chi connectivity index (χ4n) is 1.78. The number of hydrogen-bond donors (Lipinski definition) is 2. The van der Waals surface area contributed by atoms with Gasteiger partial charge in [0, 0.05) is 23.5 Å². The molecule has 4 heteroatoms. The van der Waals surface area contributed by atoms with Crippen LogP contribution in [0.2, 0.25) is 0 Å². The average Bonchev–Trinajstić information content (AvgIpc) is 2.88. The Bertz CT molecular complexity index is 479. The summed E-state index contributed by atoms with van der Waals surface area (Å²) in [6.45, 7) is 1.65. The summed E-state index contributed by atoms with van der Waals surface area (Å²) in [5, 5.41) is 9.44. The number of rotatable bonds is 6. The average molecular weight is 259 g/mol. The number of benzene rings is 1. The molecule has 0 atom stereocenters. The van der Waals surface area contributed by atoms with E-state index in [0.717, 1.165) is 13.1 Å². The van der Waals surface area contributed by atoms with E-state index in [1.807, 2.05) is 18.2 Å². The number of nitrogens with two attached hydrogens (primary N) is 1. The molecule has 3 N–H and O–H groups in total. The first-order valence-corrected chi connectivity index (χ1v) is 6.79. The van der Waals surface area contributed by atoms with E-state index in [1.165, 1.54) is 10.6 Å². The maximum absolute atomic E-state index is 7.35. The van der Waals surface area contributed by atoms with E-state index in [-0.39, 0.29) is 5.84 Å². The number of nitrogens with one attached hydrogen (secondary N) is 1. The maximum Gasteiger partial charge on any atom is 0.0923 e. The Morgan fingerprint density at radius 3 is 2.56 bits per heavy atom. The largest absolute Gasteiger partial charge is 0.388 e. The summed E-state index contributed by atoms with van der Waals surface area (Å²) >= 11 is 1.75. The third kappa shape index (κ3) is 3.60. The van der Waals surface area contributed by atoms with Gasteiger partial charge in [-0.2, -0.15) is 0 Å². The number of nitrogens with zero attached hydrogens (tertiary/aromatic N) is 1. The topological polar surface area (TPSA) is 53.1 Å². The third-order valence-corrected chi connectivity index (χ3v) is 3.56. The summed E-state index contributed by atoms with van der Waals surface area (Å²) in [6, 6.07) is 14.5. The molecule has 0 spiro atoms. The lowest BCUT2D eigenvalue weighted by atomic mass is 10.2. The van der Waals surface area contributed by atoms with Crippen molar-refractivity contribution >= 4 is 22.9 Å². The first kappa shape index (κ1) is 12.6. The Morgan fingerprint density at radius 2 is 1.94 bits per heavy atom. The van der Waals surface area contributed by atoms with Gasteiger partial charge in [-0.25, -0.2) is 0 Å². The normalized spacial score (nSPS) is 10.2. The van der Waals surface area contributed by atoms with Crippen LogP contribution in [0.4, 0.5) is 5.69 Å². The molecule has 0 unspecified atom stereocenters. The quantitative estimate of drug-likeness (QED) is 0.618. The van der Waals surface area contributed by atoms with Crippen LogP contribution in [0.3, 0.4) is 0 Å². The van der Waals surface area contributed by atoms with E-state index in [2.05, 4.69) is 34.5 Å². The molecule has 1 aromatic heterocycles. The van der Waals surface area contributed by atoms with E-state index < -0.39 is 0 Å². The van der Waals surface area contributed by atoms with Gasteiger partial charge in [-0.15, -0.1) is 11.3 Å². The zero-order valence-electron chi connectivity index (χ0n) is 10.2. The summed E-state index contributed by atoms with van der Waals surface area (Å²) in [4.78, 5) is 3.58. The summed E-state index contributed by atoms with van der Waals surface area (Å²) in [7, 11) is 0. The van der Waals surface area contributed by atoms with Crippen molar-refractivity contribution in [3.8, 4) is 0 Å². The van der Waals surface area contributed by atoms with Crippen molar-refractivity contribution in [1.29, 1.82) is 5.41 Å². The standard InChI is InChI=1S/C14H17N3S/c15-14(16)8-9-17(11-13-7-4-10-18-13)12-5-2-1-3-6-12/h1-7,10H,8-9,11H2,(H3,15,16). The summed E-state index contributed by atoms with van der Waals surface area (Å²) in [5.74, 6) is 0.238. The van der Waals surface area contributed by atoms with Gasteiger partial charge in [-0.05, 0) is 23.6 Å². The van der Waals surface area contributed by atoms with E-state index in [9.17, 15) is 0 Å². The summed E-state index contributed by atoms with van der Waals surface area (Å²) in [5.41, 5.74) is 6.62. The predicted octanol–water partition coefficient (Wildman–Crippen LogP) is 3.08. The van der Waals surface area contributed by atoms with Crippen LogP contribution in [0.5, 0.6) is 0 Å². The highest BCUT2D eigenvalue weighted by atomic mass is 32.1. The Balaban J connectivity index is 2.10. The molecule has 18 heavy (non-hydrogen) atoms. The number of anilines is 1. The van der Waals surface area contributed by atoms with Gasteiger partial charge in [0.2, 0.25) is 0 Å². The fourth-order valence-corrected chi connectivity index (χ4v) is 2.50. The predicted molar refractivity (Wildman–Crippen MR) is 78.3 cm³/mol. The van der Waals surface area contributed by atoms with Gasteiger partial charge in [-0.1, -0.05) is 24.3 Å². The molecular formula is C14H17N3S. The second kappa shape index (κ2) is 6.21. The molecule has 0 bridgehead atoms. The van der Waals surface area contributed by atoms with Gasteiger partial charge in [0.05, 0.1) is 12.4 Å². The van der Waals surface area contributed by atoms with Gasteiger partial charge in [-0.3, -0.25) is 5.41 Å². The molecule has 0 aliphatic rings. The molecule has 0 saturated heterocycles. The van der Waals surface area contributed by atoms with Crippen LogP contribution >= 0.6 is 11.3 Å². The fraction of sp³-hybridized carbons (Fsp3) is 0.214. The number of thiophene rings is 1. The van der Waals surface area contributed by atoms with Crippen LogP contribution in [-0.4, -0.2) is 12.4 Å². The maximum atomic E-state index is 7.35. The van der Waals surface area contributed by atoms with E-state index in [4.69, 9.17) is 11.1 Å². The zero-order valence-corrected chi connectivity index (χ0v) is 11.0. The molecule has 0 radical (unpaired) electrons. The molecule has 0 aliphatic carbocycles. The van der Waals surface area contributed by atoms with Crippen molar-refractivity contribution in [3.05, 3.63) is 52.7 Å². The zero-order chi connectivity index (χ0) is 12.8.